The van der Waals surface area contributed by atoms with E-state index in [1.54, 1.807) is 0 Å². The molecule has 0 aliphatic carbocycles. The molecule has 13 rings (SSSR count). The normalized spacial score (nSPS) is 12.1. The van der Waals surface area contributed by atoms with Crippen molar-refractivity contribution in [2.45, 2.75) is 0 Å². The van der Waals surface area contributed by atoms with Gasteiger partial charge in [0.05, 0.1) is 44.5 Å². The second-order valence-electron chi connectivity index (χ2n) is 16.8. The van der Waals surface area contributed by atoms with Gasteiger partial charge in [0, 0.05) is 38.0 Å². The van der Waals surface area contributed by atoms with E-state index in [0.29, 0.717) is 0 Å². The number of hydrogen-bond donors (Lipinski definition) is 0. The van der Waals surface area contributed by atoms with Gasteiger partial charge < -0.3 is 13.7 Å². The molecule has 0 aliphatic heterocycles. The second-order valence-corrected chi connectivity index (χ2v) is 20.6. The first kappa shape index (κ1) is 36.5. The third-order valence-corrected chi connectivity index (χ3v) is 18.4. The Hall–Kier alpha value is -8.18. The average Bonchev–Trinajstić information content (AvgIpc) is 4.02. The summed E-state index contributed by atoms with van der Waals surface area (Å²) < 4.78 is 7.56. The van der Waals surface area contributed by atoms with Crippen LogP contribution in [-0.2, 0) is 0 Å². The molecule has 0 aliphatic rings. The van der Waals surface area contributed by atoms with E-state index < -0.39 is 8.07 Å². The lowest BCUT2D eigenvalue weighted by atomic mass is 10.1. The minimum Gasteiger partial charge on any atom is -0.309 e. The molecule has 64 heavy (non-hydrogen) atoms. The maximum absolute atomic E-state index is 3.06. The fourth-order valence-electron chi connectivity index (χ4n) is 11.1. The Morgan fingerprint density at radius 1 is 0.250 bits per heavy atom. The maximum atomic E-state index is 2.58. The molecule has 13 aromatic rings. The zero-order valence-electron chi connectivity index (χ0n) is 35.0. The van der Waals surface area contributed by atoms with Crippen molar-refractivity contribution in [3.8, 4) is 17.1 Å². The predicted octanol–water partition coefficient (Wildman–Crippen LogP) is 12.4. The Morgan fingerprint density at radius 3 is 1.19 bits per heavy atom. The molecule has 3 heterocycles. The van der Waals surface area contributed by atoms with Gasteiger partial charge in [0.1, 0.15) is 0 Å². The molecule has 0 unspecified atom stereocenters. The van der Waals surface area contributed by atoms with Gasteiger partial charge in [-0.25, -0.2) is 0 Å². The molecule has 10 aromatic carbocycles. The van der Waals surface area contributed by atoms with Gasteiger partial charge in [0.2, 0.25) is 0 Å². The number of rotatable bonds is 7. The minimum atomic E-state index is -3.06. The Kier molecular flexibility index (Phi) is 8.23. The molecule has 0 spiro atoms. The first-order valence-electron chi connectivity index (χ1n) is 22.1. The van der Waals surface area contributed by atoms with Crippen LogP contribution >= 0.6 is 0 Å². The summed E-state index contributed by atoms with van der Waals surface area (Å²) in [7, 11) is -3.06. The van der Waals surface area contributed by atoms with Gasteiger partial charge in [-0.3, -0.25) is 0 Å². The number of benzene rings is 10. The molecule has 3 nitrogen and oxygen atoms in total. The highest BCUT2D eigenvalue weighted by molar-refractivity contribution is 7.20. The van der Waals surface area contributed by atoms with Crippen LogP contribution in [-0.4, -0.2) is 21.8 Å². The fraction of sp³-hybridized carbons (Fsp3) is 0. The summed E-state index contributed by atoms with van der Waals surface area (Å²) in [6.45, 7) is 0. The number of aromatic nitrogens is 3. The minimum absolute atomic E-state index is 1.14. The highest BCUT2D eigenvalue weighted by atomic mass is 28.3. The molecular weight excluding hydrogens is 791 g/mol. The standard InChI is InChI=1S/C60H41N3Si/c1-5-22-42(23-6-1)61-50-34-16-15-32-48(50)49-33-19-40-56(60(49)61)63-54-38-20-37-53(62-51-35-17-13-30-46(51)47-31-14-18-36-52(47)62)58(54)59-55(63)39-21-41-57(59)64(43-24-7-2-8-25-43,44-26-9-3-10-27-44)45-28-11-4-12-29-45/h1-41H. The predicted molar refractivity (Wildman–Crippen MR) is 273 cm³/mol. The first-order valence-corrected chi connectivity index (χ1v) is 24.1. The van der Waals surface area contributed by atoms with Crippen molar-refractivity contribution in [3.63, 3.8) is 0 Å². The quantitative estimate of drug-likeness (QED) is 0.112. The SMILES string of the molecule is c1ccc(-n2c3ccccc3c3cccc(-n4c5cccc(-n6c7ccccc7c7ccccc76)c5c5c([Si](c6ccccc6)(c6ccccc6)c6ccccc6)cccc54)c32)cc1. The molecule has 0 amide bonds. The Labute approximate surface area is 372 Å². The van der Waals surface area contributed by atoms with Crippen molar-refractivity contribution < 1.29 is 0 Å². The van der Waals surface area contributed by atoms with Crippen molar-refractivity contribution >= 4 is 94.2 Å². The summed E-state index contributed by atoms with van der Waals surface area (Å²) in [6.07, 6.45) is 0. The molecule has 0 radical (unpaired) electrons. The second kappa shape index (κ2) is 14.5. The lowest BCUT2D eigenvalue weighted by molar-refractivity contribution is 1.13. The fourth-order valence-corrected chi connectivity index (χ4v) is 16.1. The van der Waals surface area contributed by atoms with E-state index in [1.165, 1.54) is 86.3 Å². The lowest BCUT2D eigenvalue weighted by Crippen LogP contribution is -2.74. The highest BCUT2D eigenvalue weighted by Gasteiger charge is 2.43. The number of hydrogen-bond acceptors (Lipinski definition) is 0. The molecule has 3 aromatic heterocycles. The van der Waals surface area contributed by atoms with Crippen molar-refractivity contribution in [1.82, 2.24) is 13.7 Å². The molecule has 0 fully saturated rings. The van der Waals surface area contributed by atoms with Gasteiger partial charge in [-0.1, -0.05) is 194 Å². The first-order chi connectivity index (χ1) is 31.8. The van der Waals surface area contributed by atoms with Crippen LogP contribution in [0.4, 0.5) is 0 Å². The van der Waals surface area contributed by atoms with E-state index in [0.717, 1.165) is 16.9 Å². The van der Waals surface area contributed by atoms with Gasteiger partial charge in [0.15, 0.2) is 8.07 Å². The molecule has 0 saturated carbocycles. The summed E-state index contributed by atoms with van der Waals surface area (Å²) in [5, 5.41) is 12.9. The van der Waals surface area contributed by atoms with Crippen molar-refractivity contribution in [2.75, 3.05) is 0 Å². The van der Waals surface area contributed by atoms with Crippen molar-refractivity contribution in [2.24, 2.45) is 0 Å². The Bertz CT molecular complexity index is 3730. The summed E-state index contributed by atoms with van der Waals surface area (Å²) >= 11 is 0. The summed E-state index contributed by atoms with van der Waals surface area (Å²) in [4.78, 5) is 0. The monoisotopic (exact) mass is 831 g/mol. The number of para-hydroxylation sites is 5. The highest BCUT2D eigenvalue weighted by Crippen LogP contribution is 2.43. The van der Waals surface area contributed by atoms with Gasteiger partial charge in [-0.15, -0.1) is 0 Å². The molecule has 0 atom stereocenters. The lowest BCUT2D eigenvalue weighted by Gasteiger charge is -2.35. The van der Waals surface area contributed by atoms with E-state index >= 15 is 0 Å². The molecule has 0 saturated heterocycles. The van der Waals surface area contributed by atoms with E-state index in [1.807, 2.05) is 0 Å². The molecular formula is C60H41N3Si. The van der Waals surface area contributed by atoms with Gasteiger partial charge in [-0.05, 0) is 75.3 Å². The molecule has 0 N–H and O–H groups in total. The summed E-state index contributed by atoms with van der Waals surface area (Å²) in [6, 6.07) is 92.4. The van der Waals surface area contributed by atoms with E-state index in [-0.39, 0.29) is 0 Å². The van der Waals surface area contributed by atoms with Crippen molar-refractivity contribution in [1.29, 1.82) is 0 Å². The average molecular weight is 832 g/mol. The third-order valence-electron chi connectivity index (χ3n) is 13.6. The molecule has 300 valence electrons. The van der Waals surface area contributed by atoms with E-state index in [2.05, 4.69) is 262 Å². The van der Waals surface area contributed by atoms with Crippen LogP contribution in [0.5, 0.6) is 0 Å². The zero-order chi connectivity index (χ0) is 42.2. The van der Waals surface area contributed by atoms with Crippen LogP contribution in [0.25, 0.3) is 82.5 Å². The van der Waals surface area contributed by atoms with Crippen LogP contribution in [0.3, 0.4) is 0 Å². The van der Waals surface area contributed by atoms with Crippen LogP contribution in [0.2, 0.25) is 0 Å². The largest absolute Gasteiger partial charge is 0.309 e. The molecule has 4 heteroatoms. The Balaban J connectivity index is 1.28. The Morgan fingerprint density at radius 2 is 0.625 bits per heavy atom. The van der Waals surface area contributed by atoms with Gasteiger partial charge in [-0.2, -0.15) is 0 Å². The third kappa shape index (κ3) is 5.15. The van der Waals surface area contributed by atoms with Crippen LogP contribution < -0.4 is 20.7 Å². The van der Waals surface area contributed by atoms with Crippen molar-refractivity contribution in [3.05, 3.63) is 249 Å². The number of nitrogens with zero attached hydrogens (tertiary/aromatic N) is 3. The van der Waals surface area contributed by atoms with Gasteiger partial charge >= 0.3 is 0 Å². The van der Waals surface area contributed by atoms with Crippen LogP contribution in [0.15, 0.2) is 249 Å². The smallest absolute Gasteiger partial charge is 0.180 e. The zero-order valence-corrected chi connectivity index (χ0v) is 36.0. The number of fused-ring (bicyclic) bond motifs is 9. The summed E-state index contributed by atoms with van der Waals surface area (Å²) in [5.41, 5.74) is 10.5. The molecule has 0 bridgehead atoms. The van der Waals surface area contributed by atoms with E-state index in [9.17, 15) is 0 Å². The van der Waals surface area contributed by atoms with Gasteiger partial charge in [0.25, 0.3) is 0 Å². The van der Waals surface area contributed by atoms with Crippen LogP contribution in [0, 0.1) is 0 Å². The topological polar surface area (TPSA) is 14.8 Å². The summed E-state index contributed by atoms with van der Waals surface area (Å²) in [5.74, 6) is 0. The van der Waals surface area contributed by atoms with E-state index in [4.69, 9.17) is 0 Å². The van der Waals surface area contributed by atoms with Crippen LogP contribution in [0.1, 0.15) is 0 Å². The maximum Gasteiger partial charge on any atom is 0.180 e.